The first-order valence-corrected chi connectivity index (χ1v) is 7.18. The van der Waals surface area contributed by atoms with Gasteiger partial charge in [0.1, 0.15) is 0 Å². The molecule has 0 spiro atoms. The monoisotopic (exact) mass is 270 g/mol. The van der Waals surface area contributed by atoms with Gasteiger partial charge in [0, 0.05) is 25.7 Å². The molecule has 2 aliphatic rings. The van der Waals surface area contributed by atoms with Gasteiger partial charge in [-0.25, -0.2) is 0 Å². The van der Waals surface area contributed by atoms with Gasteiger partial charge in [0.2, 0.25) is 0 Å². The van der Waals surface area contributed by atoms with E-state index in [9.17, 15) is 4.79 Å². The molecule has 110 valence electrons. The van der Waals surface area contributed by atoms with Crippen molar-refractivity contribution in [2.24, 2.45) is 5.41 Å². The number of esters is 1. The van der Waals surface area contributed by atoms with Crippen LogP contribution in [0.4, 0.5) is 0 Å². The minimum Gasteiger partial charge on any atom is -0.469 e. The molecule has 2 saturated heterocycles. The lowest BCUT2D eigenvalue weighted by Crippen LogP contribution is -2.50. The highest BCUT2D eigenvalue weighted by Crippen LogP contribution is 2.22. The largest absolute Gasteiger partial charge is 0.469 e. The molecule has 5 nitrogen and oxygen atoms in total. The van der Waals surface area contributed by atoms with Gasteiger partial charge in [0.05, 0.1) is 25.2 Å². The van der Waals surface area contributed by atoms with Gasteiger partial charge in [-0.1, -0.05) is 0 Å². The predicted molar refractivity (Wildman–Crippen MR) is 73.0 cm³/mol. The third-order valence-corrected chi connectivity index (χ3v) is 4.14. The summed E-state index contributed by atoms with van der Waals surface area (Å²) < 4.78 is 10.7. The molecule has 2 aliphatic heterocycles. The van der Waals surface area contributed by atoms with Crippen LogP contribution in [0.15, 0.2) is 0 Å². The molecule has 0 saturated carbocycles. The topological polar surface area (TPSA) is 50.8 Å². The van der Waals surface area contributed by atoms with Crippen LogP contribution in [-0.2, 0) is 14.3 Å². The van der Waals surface area contributed by atoms with Crippen molar-refractivity contribution < 1.29 is 14.3 Å². The average molecular weight is 270 g/mol. The number of hydrogen-bond donors (Lipinski definition) is 1. The van der Waals surface area contributed by atoms with Crippen LogP contribution < -0.4 is 5.32 Å². The van der Waals surface area contributed by atoms with Crippen LogP contribution in [0.3, 0.4) is 0 Å². The van der Waals surface area contributed by atoms with Crippen LogP contribution >= 0.6 is 0 Å². The molecular weight excluding hydrogens is 244 g/mol. The molecule has 2 rings (SSSR count). The molecule has 0 aromatic carbocycles. The highest BCUT2D eigenvalue weighted by Gasteiger charge is 2.33. The summed E-state index contributed by atoms with van der Waals surface area (Å²) in [5, 5.41) is 3.34. The van der Waals surface area contributed by atoms with Crippen molar-refractivity contribution in [1.82, 2.24) is 10.2 Å². The zero-order valence-electron chi connectivity index (χ0n) is 12.3. The minimum atomic E-state index is -0.487. The Labute approximate surface area is 115 Å². The van der Waals surface area contributed by atoms with E-state index in [0.717, 1.165) is 19.7 Å². The van der Waals surface area contributed by atoms with Gasteiger partial charge in [-0.2, -0.15) is 0 Å². The van der Waals surface area contributed by atoms with E-state index in [1.807, 2.05) is 13.8 Å². The molecular formula is C14H26N2O3. The molecule has 0 amide bonds. The van der Waals surface area contributed by atoms with E-state index in [0.29, 0.717) is 12.6 Å². The second-order valence-corrected chi connectivity index (χ2v) is 6.25. The number of carbonyl (C=O) groups excluding carboxylic acids is 1. The van der Waals surface area contributed by atoms with Crippen LogP contribution in [0.2, 0.25) is 0 Å². The van der Waals surface area contributed by atoms with Crippen LogP contribution in [0.1, 0.15) is 26.7 Å². The number of nitrogens with one attached hydrogen (secondary N) is 1. The zero-order valence-corrected chi connectivity index (χ0v) is 12.3. The Morgan fingerprint density at radius 3 is 3.05 bits per heavy atom. The molecule has 2 fully saturated rings. The number of nitrogens with zero attached hydrogens (tertiary/aromatic N) is 1. The number of hydrogen-bond acceptors (Lipinski definition) is 5. The Hall–Kier alpha value is -0.650. The van der Waals surface area contributed by atoms with Crippen LogP contribution in [0, 0.1) is 5.41 Å². The van der Waals surface area contributed by atoms with Crippen molar-refractivity contribution in [2.75, 3.05) is 39.9 Å². The summed E-state index contributed by atoms with van der Waals surface area (Å²) >= 11 is 0. The summed E-state index contributed by atoms with van der Waals surface area (Å²) in [6.07, 6.45) is 2.81. The lowest BCUT2D eigenvalue weighted by atomic mass is 9.94. The maximum Gasteiger partial charge on any atom is 0.312 e. The van der Waals surface area contributed by atoms with E-state index in [-0.39, 0.29) is 12.1 Å². The minimum absolute atomic E-state index is 0.177. The van der Waals surface area contributed by atoms with Gasteiger partial charge in [-0.3, -0.25) is 9.69 Å². The molecule has 0 radical (unpaired) electrons. The number of methoxy groups -OCH3 is 1. The molecule has 2 atom stereocenters. The molecule has 2 heterocycles. The Bertz CT molecular complexity index is 320. The number of ether oxygens (including phenoxy) is 2. The first-order chi connectivity index (χ1) is 9.03. The van der Waals surface area contributed by atoms with E-state index >= 15 is 0 Å². The van der Waals surface area contributed by atoms with Crippen molar-refractivity contribution in [3.63, 3.8) is 0 Å². The maximum absolute atomic E-state index is 11.6. The van der Waals surface area contributed by atoms with Crippen molar-refractivity contribution in [1.29, 1.82) is 0 Å². The summed E-state index contributed by atoms with van der Waals surface area (Å²) in [5.41, 5.74) is -0.487. The molecule has 2 unspecified atom stereocenters. The molecule has 0 aliphatic carbocycles. The first-order valence-electron chi connectivity index (χ1n) is 7.18. The van der Waals surface area contributed by atoms with Crippen LogP contribution in [0.5, 0.6) is 0 Å². The molecule has 0 bridgehead atoms. The number of morpholine rings is 1. The average Bonchev–Trinajstić information content (AvgIpc) is 2.84. The fourth-order valence-corrected chi connectivity index (χ4v) is 2.90. The van der Waals surface area contributed by atoms with Gasteiger partial charge in [0.25, 0.3) is 0 Å². The third kappa shape index (κ3) is 3.68. The maximum atomic E-state index is 11.6. The standard InChI is InChI=1S/C14H26N2O3/c1-14(2,13(17)18-3)10-15-7-12-8-16-6-4-5-11(16)9-19-12/h11-12,15H,4-10H2,1-3H3. The SMILES string of the molecule is COC(=O)C(C)(C)CNCC1CN2CCCC2CO1. The van der Waals surface area contributed by atoms with Crippen molar-refractivity contribution >= 4 is 5.97 Å². The zero-order chi connectivity index (χ0) is 13.9. The highest BCUT2D eigenvalue weighted by atomic mass is 16.5. The fraction of sp³-hybridized carbons (Fsp3) is 0.929. The molecule has 0 aromatic rings. The third-order valence-electron chi connectivity index (χ3n) is 4.14. The van der Waals surface area contributed by atoms with Gasteiger partial charge >= 0.3 is 5.97 Å². The molecule has 1 N–H and O–H groups in total. The number of fused-ring (bicyclic) bond motifs is 1. The van der Waals surface area contributed by atoms with Crippen LogP contribution in [0.25, 0.3) is 0 Å². The second kappa shape index (κ2) is 6.20. The normalized spacial score (nSPS) is 28.2. The van der Waals surface area contributed by atoms with Crippen LogP contribution in [-0.4, -0.2) is 62.9 Å². The summed E-state index contributed by atoms with van der Waals surface area (Å²) in [7, 11) is 1.43. The lowest BCUT2D eigenvalue weighted by molar-refractivity contribution is -0.150. The van der Waals surface area contributed by atoms with E-state index in [2.05, 4.69) is 10.2 Å². The van der Waals surface area contributed by atoms with E-state index in [4.69, 9.17) is 9.47 Å². The fourth-order valence-electron chi connectivity index (χ4n) is 2.90. The molecule has 0 aromatic heterocycles. The predicted octanol–water partition coefficient (Wildman–Crippen LogP) is 0.638. The number of carbonyl (C=O) groups is 1. The Morgan fingerprint density at radius 1 is 1.53 bits per heavy atom. The Morgan fingerprint density at radius 2 is 2.32 bits per heavy atom. The molecule has 19 heavy (non-hydrogen) atoms. The lowest BCUT2D eigenvalue weighted by Gasteiger charge is -2.35. The van der Waals surface area contributed by atoms with E-state index in [1.54, 1.807) is 0 Å². The first kappa shape index (κ1) is 14.8. The van der Waals surface area contributed by atoms with Gasteiger partial charge in [-0.15, -0.1) is 0 Å². The van der Waals surface area contributed by atoms with E-state index < -0.39 is 5.41 Å². The van der Waals surface area contributed by atoms with Gasteiger partial charge in [-0.05, 0) is 33.2 Å². The van der Waals surface area contributed by atoms with Crippen molar-refractivity contribution in [2.45, 2.75) is 38.8 Å². The van der Waals surface area contributed by atoms with Gasteiger partial charge in [0.15, 0.2) is 0 Å². The Kier molecular flexibility index (Phi) is 4.81. The quantitative estimate of drug-likeness (QED) is 0.743. The van der Waals surface area contributed by atoms with E-state index in [1.165, 1.54) is 26.5 Å². The highest BCUT2D eigenvalue weighted by molar-refractivity contribution is 5.76. The summed E-state index contributed by atoms with van der Waals surface area (Å²) in [4.78, 5) is 14.1. The van der Waals surface area contributed by atoms with Crippen molar-refractivity contribution in [3.05, 3.63) is 0 Å². The molecule has 5 heteroatoms. The summed E-state index contributed by atoms with van der Waals surface area (Å²) in [6, 6.07) is 0.641. The summed E-state index contributed by atoms with van der Waals surface area (Å²) in [5.74, 6) is -0.177. The Balaban J connectivity index is 1.70. The smallest absolute Gasteiger partial charge is 0.312 e. The number of rotatable bonds is 5. The summed E-state index contributed by atoms with van der Waals surface area (Å²) in [6.45, 7) is 8.27. The van der Waals surface area contributed by atoms with Gasteiger partial charge < -0.3 is 14.8 Å². The van der Waals surface area contributed by atoms with Crippen molar-refractivity contribution in [3.8, 4) is 0 Å². The second-order valence-electron chi connectivity index (χ2n) is 6.25.